The number of methoxy groups -OCH3 is 1. The number of tetrazole rings is 1. The van der Waals surface area contributed by atoms with Crippen LogP contribution in [0, 0.1) is 13.8 Å². The van der Waals surface area contributed by atoms with Crippen molar-refractivity contribution in [2.24, 2.45) is 0 Å². The molecule has 1 amide bonds. The van der Waals surface area contributed by atoms with Gasteiger partial charge in [0.25, 0.3) is 0 Å². The number of aromatic amines is 1. The van der Waals surface area contributed by atoms with Crippen LogP contribution in [0.3, 0.4) is 0 Å². The first kappa shape index (κ1) is 17.6. The van der Waals surface area contributed by atoms with Crippen LogP contribution >= 0.6 is 0 Å². The predicted molar refractivity (Wildman–Crippen MR) is 98.2 cm³/mol. The van der Waals surface area contributed by atoms with E-state index in [2.05, 4.69) is 25.9 Å². The van der Waals surface area contributed by atoms with Gasteiger partial charge in [-0.1, -0.05) is 29.5 Å². The number of ether oxygens (including phenoxy) is 1. The van der Waals surface area contributed by atoms with E-state index in [9.17, 15) is 4.79 Å². The Morgan fingerprint density at radius 3 is 2.62 bits per heavy atom. The predicted octanol–water partition coefficient (Wildman–Crippen LogP) is 2.79. The number of hydrogen-bond donors (Lipinski definition) is 2. The summed E-state index contributed by atoms with van der Waals surface area (Å²) in [5, 5.41) is 17.0. The maximum absolute atomic E-state index is 12.9. The van der Waals surface area contributed by atoms with Crippen molar-refractivity contribution >= 4 is 11.6 Å². The number of aryl methyl sites for hydroxylation is 2. The van der Waals surface area contributed by atoms with E-state index in [0.29, 0.717) is 12.2 Å². The van der Waals surface area contributed by atoms with Crippen molar-refractivity contribution in [3.05, 3.63) is 65.0 Å². The van der Waals surface area contributed by atoms with E-state index in [1.54, 1.807) is 7.11 Å². The Hall–Kier alpha value is -3.22. The zero-order valence-corrected chi connectivity index (χ0v) is 15.0. The number of H-pyrrole nitrogens is 1. The van der Waals surface area contributed by atoms with Crippen LogP contribution in [0.5, 0.6) is 5.75 Å². The first-order valence-corrected chi connectivity index (χ1v) is 8.31. The van der Waals surface area contributed by atoms with Crippen molar-refractivity contribution in [1.82, 2.24) is 20.6 Å². The molecule has 0 aliphatic heterocycles. The van der Waals surface area contributed by atoms with Crippen LogP contribution < -0.4 is 10.1 Å². The lowest BCUT2D eigenvalue weighted by molar-refractivity contribution is -0.117. The fraction of sp³-hybridized carbons (Fsp3) is 0.263. The summed E-state index contributed by atoms with van der Waals surface area (Å²) in [4.78, 5) is 12.9. The van der Waals surface area contributed by atoms with Crippen LogP contribution in [0.2, 0.25) is 0 Å². The van der Waals surface area contributed by atoms with E-state index in [-0.39, 0.29) is 5.91 Å². The largest absolute Gasteiger partial charge is 0.497 e. The van der Waals surface area contributed by atoms with Gasteiger partial charge in [0, 0.05) is 5.69 Å². The smallest absolute Gasteiger partial charge is 0.235 e. The molecular weight excluding hydrogens is 330 g/mol. The number of rotatable bonds is 6. The molecule has 0 bridgehead atoms. The van der Waals surface area contributed by atoms with Crippen molar-refractivity contribution in [2.75, 3.05) is 12.4 Å². The highest BCUT2D eigenvalue weighted by molar-refractivity contribution is 5.96. The normalized spacial score (nSPS) is 11.8. The minimum absolute atomic E-state index is 0.170. The van der Waals surface area contributed by atoms with Gasteiger partial charge in [0.05, 0.1) is 7.11 Å². The average molecular weight is 351 g/mol. The Kier molecular flexibility index (Phi) is 5.26. The highest BCUT2D eigenvalue weighted by Crippen LogP contribution is 2.23. The highest BCUT2D eigenvalue weighted by atomic mass is 16.5. The van der Waals surface area contributed by atoms with Gasteiger partial charge in [-0.25, -0.2) is 0 Å². The molecule has 0 saturated carbocycles. The summed E-state index contributed by atoms with van der Waals surface area (Å²) in [7, 11) is 1.62. The molecule has 3 aromatic rings. The summed E-state index contributed by atoms with van der Waals surface area (Å²) in [5.74, 6) is 0.409. The van der Waals surface area contributed by atoms with Gasteiger partial charge in [-0.2, -0.15) is 5.21 Å². The Balaban J connectivity index is 1.83. The second kappa shape index (κ2) is 7.77. The average Bonchev–Trinajstić information content (AvgIpc) is 3.17. The minimum Gasteiger partial charge on any atom is -0.497 e. The number of anilines is 1. The number of carbonyl (C=O) groups excluding carboxylic acids is 1. The molecule has 1 atom stereocenters. The molecule has 0 spiro atoms. The molecular formula is C19H21N5O2. The lowest BCUT2D eigenvalue weighted by Crippen LogP contribution is -2.24. The minimum atomic E-state index is -0.554. The molecule has 0 radical (unpaired) electrons. The van der Waals surface area contributed by atoms with Gasteiger partial charge in [-0.15, -0.1) is 10.2 Å². The first-order chi connectivity index (χ1) is 12.6. The molecule has 7 nitrogen and oxygen atoms in total. The summed E-state index contributed by atoms with van der Waals surface area (Å²) in [6.07, 6.45) is 0.459. The van der Waals surface area contributed by atoms with Crippen molar-refractivity contribution < 1.29 is 9.53 Å². The lowest BCUT2D eigenvalue weighted by atomic mass is 9.97. The van der Waals surface area contributed by atoms with Gasteiger partial charge in [-0.05, 0) is 55.2 Å². The van der Waals surface area contributed by atoms with E-state index in [0.717, 1.165) is 28.1 Å². The molecule has 0 unspecified atom stereocenters. The number of nitrogens with one attached hydrogen (secondary N) is 2. The van der Waals surface area contributed by atoms with Crippen molar-refractivity contribution in [1.29, 1.82) is 0 Å². The molecule has 0 saturated heterocycles. The SMILES string of the molecule is COc1ccc(C[C@@H](C(=O)Nc2cc(C)ccc2C)c2nn[nH]n2)cc1. The quantitative estimate of drug-likeness (QED) is 0.712. The summed E-state index contributed by atoms with van der Waals surface area (Å²) in [6.45, 7) is 3.95. The molecule has 2 N–H and O–H groups in total. The molecule has 0 aliphatic carbocycles. The standard InChI is InChI=1S/C19H21N5O2/c1-12-4-5-13(2)17(10-12)20-19(25)16(18-21-23-24-22-18)11-14-6-8-15(26-3)9-7-14/h4-10,16H,11H2,1-3H3,(H,20,25)(H,21,22,23,24)/t16-/m1/s1. The zero-order chi connectivity index (χ0) is 18.5. The van der Waals surface area contributed by atoms with E-state index < -0.39 is 5.92 Å². The number of nitrogens with zero attached hydrogens (tertiary/aromatic N) is 3. The number of amides is 1. The van der Waals surface area contributed by atoms with E-state index >= 15 is 0 Å². The van der Waals surface area contributed by atoms with Crippen LogP contribution in [0.1, 0.15) is 28.4 Å². The number of hydrogen-bond acceptors (Lipinski definition) is 5. The van der Waals surface area contributed by atoms with Crippen LogP contribution in [0.4, 0.5) is 5.69 Å². The summed E-state index contributed by atoms with van der Waals surface area (Å²) in [5.41, 5.74) is 3.85. The molecule has 134 valence electrons. The Morgan fingerprint density at radius 2 is 1.96 bits per heavy atom. The van der Waals surface area contributed by atoms with Crippen LogP contribution in [0.25, 0.3) is 0 Å². The number of carbonyl (C=O) groups is 1. The van der Waals surface area contributed by atoms with Crippen LogP contribution in [-0.2, 0) is 11.2 Å². The fourth-order valence-corrected chi connectivity index (χ4v) is 2.71. The second-order valence-corrected chi connectivity index (χ2v) is 6.18. The third-order valence-electron chi connectivity index (χ3n) is 4.24. The molecule has 1 aromatic heterocycles. The number of benzene rings is 2. The van der Waals surface area contributed by atoms with Gasteiger partial charge in [0.15, 0.2) is 5.82 Å². The zero-order valence-electron chi connectivity index (χ0n) is 15.0. The molecule has 1 heterocycles. The Labute approximate surface area is 151 Å². The second-order valence-electron chi connectivity index (χ2n) is 6.18. The maximum Gasteiger partial charge on any atom is 0.235 e. The van der Waals surface area contributed by atoms with Gasteiger partial charge < -0.3 is 10.1 Å². The molecule has 26 heavy (non-hydrogen) atoms. The van der Waals surface area contributed by atoms with Crippen molar-refractivity contribution in [3.63, 3.8) is 0 Å². The van der Waals surface area contributed by atoms with Gasteiger partial charge in [0.1, 0.15) is 11.7 Å². The van der Waals surface area contributed by atoms with E-state index in [1.165, 1.54) is 0 Å². The topological polar surface area (TPSA) is 92.8 Å². The first-order valence-electron chi connectivity index (χ1n) is 8.31. The Morgan fingerprint density at radius 1 is 1.19 bits per heavy atom. The monoisotopic (exact) mass is 351 g/mol. The summed E-state index contributed by atoms with van der Waals surface area (Å²) in [6, 6.07) is 13.5. The van der Waals surface area contributed by atoms with E-state index in [4.69, 9.17) is 4.74 Å². The van der Waals surface area contributed by atoms with Crippen molar-refractivity contribution in [3.8, 4) is 5.75 Å². The molecule has 0 fully saturated rings. The molecule has 2 aromatic carbocycles. The molecule has 7 heteroatoms. The lowest BCUT2D eigenvalue weighted by Gasteiger charge is -2.16. The van der Waals surface area contributed by atoms with Gasteiger partial charge >= 0.3 is 0 Å². The highest BCUT2D eigenvalue weighted by Gasteiger charge is 2.26. The van der Waals surface area contributed by atoms with Crippen LogP contribution in [-0.4, -0.2) is 33.6 Å². The van der Waals surface area contributed by atoms with E-state index in [1.807, 2.05) is 56.3 Å². The third-order valence-corrected chi connectivity index (χ3v) is 4.24. The maximum atomic E-state index is 12.9. The Bertz CT molecular complexity index is 875. The number of aromatic nitrogens is 4. The molecule has 3 rings (SSSR count). The molecule has 0 aliphatic rings. The summed E-state index contributed by atoms with van der Waals surface area (Å²) < 4.78 is 5.18. The fourth-order valence-electron chi connectivity index (χ4n) is 2.71. The third kappa shape index (κ3) is 4.05. The van der Waals surface area contributed by atoms with Gasteiger partial charge in [0.2, 0.25) is 5.91 Å². The van der Waals surface area contributed by atoms with Gasteiger partial charge in [-0.3, -0.25) is 4.79 Å². The van der Waals surface area contributed by atoms with Crippen molar-refractivity contribution in [2.45, 2.75) is 26.2 Å². The van der Waals surface area contributed by atoms with Crippen LogP contribution in [0.15, 0.2) is 42.5 Å². The summed E-state index contributed by atoms with van der Waals surface area (Å²) >= 11 is 0.